The third-order valence-corrected chi connectivity index (χ3v) is 4.11. The molecule has 104 valence electrons. The molecular formula is C16H17BrN2O. The van der Waals surface area contributed by atoms with Crippen molar-refractivity contribution < 1.29 is 4.79 Å². The van der Waals surface area contributed by atoms with Gasteiger partial charge >= 0.3 is 0 Å². The van der Waals surface area contributed by atoms with Crippen molar-refractivity contribution in [2.24, 2.45) is 0 Å². The summed E-state index contributed by atoms with van der Waals surface area (Å²) in [5.74, 6) is 0.0918. The Bertz CT molecular complexity index is 648. The van der Waals surface area contributed by atoms with Gasteiger partial charge in [-0.3, -0.25) is 4.79 Å². The maximum atomic E-state index is 12.8. The minimum absolute atomic E-state index is 0.0918. The van der Waals surface area contributed by atoms with Crippen molar-refractivity contribution in [1.29, 1.82) is 0 Å². The van der Waals surface area contributed by atoms with Crippen LogP contribution >= 0.6 is 15.9 Å². The van der Waals surface area contributed by atoms with E-state index in [1.54, 1.807) is 0 Å². The van der Waals surface area contributed by atoms with Crippen LogP contribution in [0.1, 0.15) is 29.4 Å². The zero-order chi connectivity index (χ0) is 14.1. The van der Waals surface area contributed by atoms with Gasteiger partial charge in [-0.25, -0.2) is 0 Å². The fourth-order valence-electron chi connectivity index (χ4n) is 2.77. The second kappa shape index (κ2) is 5.44. The molecule has 2 aromatic rings. The van der Waals surface area contributed by atoms with Crippen molar-refractivity contribution in [2.75, 3.05) is 11.4 Å². The first kappa shape index (κ1) is 13.4. The van der Waals surface area contributed by atoms with Crippen LogP contribution in [0.4, 0.5) is 5.69 Å². The van der Waals surface area contributed by atoms with Crippen LogP contribution < -0.4 is 4.90 Å². The Labute approximate surface area is 127 Å². The molecule has 1 aliphatic heterocycles. The number of rotatable bonds is 3. The molecule has 0 N–H and O–H groups in total. The SMILES string of the molecule is CCCn1cc(Br)cc1C(=O)N1CCc2ccccc21. The average Bonchev–Trinajstić information content (AvgIpc) is 3.02. The molecule has 0 fully saturated rings. The average molecular weight is 333 g/mol. The van der Waals surface area contributed by atoms with E-state index in [-0.39, 0.29) is 5.91 Å². The number of nitrogens with zero attached hydrogens (tertiary/aromatic N) is 2. The molecule has 0 saturated heterocycles. The maximum absolute atomic E-state index is 12.8. The number of para-hydroxylation sites is 1. The lowest BCUT2D eigenvalue weighted by atomic mass is 10.2. The summed E-state index contributed by atoms with van der Waals surface area (Å²) in [6, 6.07) is 10.1. The number of aromatic nitrogens is 1. The largest absolute Gasteiger partial charge is 0.342 e. The summed E-state index contributed by atoms with van der Waals surface area (Å²) in [6.07, 6.45) is 3.94. The summed E-state index contributed by atoms with van der Waals surface area (Å²) in [4.78, 5) is 14.7. The highest BCUT2D eigenvalue weighted by Gasteiger charge is 2.27. The van der Waals surface area contributed by atoms with Gasteiger partial charge < -0.3 is 9.47 Å². The standard InChI is InChI=1S/C16H17BrN2O/c1-2-8-18-11-13(17)10-15(18)16(20)19-9-7-12-5-3-4-6-14(12)19/h3-6,10-11H,2,7-9H2,1H3. The highest BCUT2D eigenvalue weighted by Crippen LogP contribution is 2.29. The normalized spacial score (nSPS) is 13.6. The Kier molecular flexibility index (Phi) is 3.66. The number of amides is 1. The number of anilines is 1. The molecule has 0 unspecified atom stereocenters. The second-order valence-electron chi connectivity index (χ2n) is 5.07. The first-order chi connectivity index (χ1) is 9.70. The zero-order valence-electron chi connectivity index (χ0n) is 11.5. The first-order valence-corrected chi connectivity index (χ1v) is 7.75. The van der Waals surface area contributed by atoms with Crippen LogP contribution in [0.3, 0.4) is 0 Å². The minimum Gasteiger partial charge on any atom is -0.342 e. The molecular weight excluding hydrogens is 316 g/mol. The summed E-state index contributed by atoms with van der Waals surface area (Å²) in [5, 5.41) is 0. The third-order valence-electron chi connectivity index (χ3n) is 3.68. The van der Waals surface area contributed by atoms with Crippen LogP contribution in [-0.4, -0.2) is 17.0 Å². The fraction of sp³-hybridized carbons (Fsp3) is 0.312. The van der Waals surface area contributed by atoms with Gasteiger partial charge in [0.25, 0.3) is 5.91 Å². The number of fused-ring (bicyclic) bond motifs is 1. The lowest BCUT2D eigenvalue weighted by Crippen LogP contribution is -2.30. The highest BCUT2D eigenvalue weighted by atomic mass is 79.9. The van der Waals surface area contributed by atoms with E-state index in [1.165, 1.54) is 5.56 Å². The van der Waals surface area contributed by atoms with E-state index >= 15 is 0 Å². The fourth-order valence-corrected chi connectivity index (χ4v) is 3.23. The van der Waals surface area contributed by atoms with E-state index in [9.17, 15) is 4.79 Å². The topological polar surface area (TPSA) is 25.2 Å². The molecule has 0 saturated carbocycles. The molecule has 3 rings (SSSR count). The van der Waals surface area contributed by atoms with Gasteiger partial charge in [-0.2, -0.15) is 0 Å². The van der Waals surface area contributed by atoms with E-state index in [2.05, 4.69) is 28.9 Å². The van der Waals surface area contributed by atoms with Crippen molar-refractivity contribution in [1.82, 2.24) is 4.57 Å². The number of halogens is 1. The summed E-state index contributed by atoms with van der Waals surface area (Å²) >= 11 is 3.47. The lowest BCUT2D eigenvalue weighted by molar-refractivity contribution is 0.0980. The first-order valence-electron chi connectivity index (χ1n) is 6.96. The van der Waals surface area contributed by atoms with Gasteiger partial charge in [0.1, 0.15) is 5.69 Å². The van der Waals surface area contributed by atoms with Gasteiger partial charge in [0.15, 0.2) is 0 Å². The number of hydrogen-bond donors (Lipinski definition) is 0. The van der Waals surface area contributed by atoms with Crippen molar-refractivity contribution in [3.63, 3.8) is 0 Å². The number of aryl methyl sites for hydroxylation is 1. The molecule has 1 aromatic carbocycles. The Morgan fingerprint density at radius 3 is 2.95 bits per heavy atom. The number of carbonyl (C=O) groups excluding carboxylic acids is 1. The van der Waals surface area contributed by atoms with Crippen molar-refractivity contribution in [3.05, 3.63) is 52.3 Å². The van der Waals surface area contributed by atoms with Crippen LogP contribution in [0.25, 0.3) is 0 Å². The highest BCUT2D eigenvalue weighted by molar-refractivity contribution is 9.10. The van der Waals surface area contributed by atoms with Gasteiger partial charge in [0, 0.05) is 29.4 Å². The van der Waals surface area contributed by atoms with Gasteiger partial charge in [-0.05, 0) is 46.5 Å². The van der Waals surface area contributed by atoms with Crippen LogP contribution in [-0.2, 0) is 13.0 Å². The van der Waals surface area contributed by atoms with E-state index < -0.39 is 0 Å². The van der Waals surface area contributed by atoms with Gasteiger partial charge in [-0.1, -0.05) is 25.1 Å². The van der Waals surface area contributed by atoms with Gasteiger partial charge in [-0.15, -0.1) is 0 Å². The summed E-state index contributed by atoms with van der Waals surface area (Å²) in [7, 11) is 0. The zero-order valence-corrected chi connectivity index (χ0v) is 13.1. The Morgan fingerprint density at radius 1 is 1.35 bits per heavy atom. The van der Waals surface area contributed by atoms with Crippen molar-refractivity contribution in [2.45, 2.75) is 26.3 Å². The molecule has 3 nitrogen and oxygen atoms in total. The van der Waals surface area contributed by atoms with Crippen LogP contribution in [0, 0.1) is 0 Å². The van der Waals surface area contributed by atoms with Gasteiger partial charge in [0.2, 0.25) is 0 Å². The quantitative estimate of drug-likeness (QED) is 0.837. The lowest BCUT2D eigenvalue weighted by Gasteiger charge is -2.18. The number of hydrogen-bond acceptors (Lipinski definition) is 1. The Balaban J connectivity index is 1.94. The molecule has 0 radical (unpaired) electrons. The van der Waals surface area contributed by atoms with Crippen LogP contribution in [0.15, 0.2) is 41.0 Å². The predicted molar refractivity (Wildman–Crippen MR) is 84.2 cm³/mol. The van der Waals surface area contributed by atoms with Crippen molar-refractivity contribution in [3.8, 4) is 0 Å². The number of carbonyl (C=O) groups is 1. The monoisotopic (exact) mass is 332 g/mol. The molecule has 0 bridgehead atoms. The van der Waals surface area contributed by atoms with Gasteiger partial charge in [0.05, 0.1) is 0 Å². The van der Waals surface area contributed by atoms with Crippen molar-refractivity contribution >= 4 is 27.5 Å². The summed E-state index contributed by atoms with van der Waals surface area (Å²) in [6.45, 7) is 3.75. The molecule has 4 heteroatoms. The molecule has 0 spiro atoms. The Morgan fingerprint density at radius 2 is 2.15 bits per heavy atom. The minimum atomic E-state index is 0.0918. The summed E-state index contributed by atoms with van der Waals surface area (Å²) < 4.78 is 3.00. The molecule has 1 aromatic heterocycles. The van der Waals surface area contributed by atoms with Crippen LogP contribution in [0.2, 0.25) is 0 Å². The second-order valence-corrected chi connectivity index (χ2v) is 5.99. The smallest absolute Gasteiger partial charge is 0.274 e. The van der Waals surface area contributed by atoms with E-state index in [0.717, 1.165) is 41.8 Å². The maximum Gasteiger partial charge on any atom is 0.274 e. The molecule has 20 heavy (non-hydrogen) atoms. The summed E-state index contributed by atoms with van der Waals surface area (Å²) in [5.41, 5.74) is 3.07. The molecule has 0 aliphatic carbocycles. The third kappa shape index (κ3) is 2.29. The molecule has 0 atom stereocenters. The van der Waals surface area contributed by atoms with Crippen LogP contribution in [0.5, 0.6) is 0 Å². The van der Waals surface area contributed by atoms with E-state index in [1.807, 2.05) is 39.9 Å². The molecule has 2 heterocycles. The molecule has 1 aliphatic rings. The Hall–Kier alpha value is -1.55. The molecule has 1 amide bonds. The van der Waals surface area contributed by atoms with E-state index in [4.69, 9.17) is 0 Å². The predicted octanol–water partition coefficient (Wildman–Crippen LogP) is 3.86. The van der Waals surface area contributed by atoms with E-state index in [0.29, 0.717) is 0 Å². The number of benzene rings is 1.